The third-order valence-corrected chi connectivity index (χ3v) is 3.88. The Labute approximate surface area is 114 Å². The number of allylic oxidation sites excluding steroid dienone is 4. The van der Waals surface area contributed by atoms with Crippen LogP contribution < -0.4 is 0 Å². The van der Waals surface area contributed by atoms with Crippen LogP contribution >= 0.6 is 22.6 Å². The van der Waals surface area contributed by atoms with Crippen molar-refractivity contribution in [1.29, 1.82) is 0 Å². The topological polar surface area (TPSA) is 0 Å². The molecule has 0 aromatic heterocycles. The first-order chi connectivity index (χ1) is 8.36. The van der Waals surface area contributed by atoms with Gasteiger partial charge in [-0.1, -0.05) is 60.7 Å². The van der Waals surface area contributed by atoms with Crippen LogP contribution in [-0.2, 0) is 0 Å². The number of rotatable bonds is 0. The predicted molar refractivity (Wildman–Crippen MR) is 84.1 cm³/mol. The summed E-state index contributed by atoms with van der Waals surface area (Å²) in [6, 6.07) is 12.9. The van der Waals surface area contributed by atoms with E-state index in [-0.39, 0.29) is 0 Å². The van der Waals surface area contributed by atoms with Crippen molar-refractivity contribution in [1.82, 2.24) is 0 Å². The fourth-order valence-corrected chi connectivity index (χ4v) is 2.82. The Kier molecular flexibility index (Phi) is 2.85. The minimum Gasteiger partial charge on any atom is -0.0622 e. The predicted octanol–water partition coefficient (Wildman–Crippen LogP) is 5.20. The first-order valence-electron chi connectivity index (χ1n) is 5.59. The van der Waals surface area contributed by atoms with Gasteiger partial charge < -0.3 is 0 Å². The molecule has 1 aliphatic carbocycles. The van der Waals surface area contributed by atoms with E-state index < -0.39 is 0 Å². The van der Waals surface area contributed by atoms with Crippen molar-refractivity contribution in [3.05, 3.63) is 71.8 Å². The molecule has 2 aromatic rings. The van der Waals surface area contributed by atoms with E-state index in [9.17, 15) is 0 Å². The second-order valence-corrected chi connectivity index (χ2v) is 5.17. The Hall–Kier alpha value is -1.35. The minimum absolute atomic E-state index is 1.28. The Morgan fingerprint density at radius 2 is 1.65 bits per heavy atom. The largest absolute Gasteiger partial charge is 0.0622 e. The molecule has 0 fully saturated rings. The van der Waals surface area contributed by atoms with Gasteiger partial charge in [-0.25, -0.2) is 0 Å². The molecule has 82 valence electrons. The van der Waals surface area contributed by atoms with Crippen molar-refractivity contribution in [3.8, 4) is 0 Å². The molecule has 0 spiro atoms. The zero-order chi connectivity index (χ0) is 11.7. The third kappa shape index (κ3) is 1.95. The number of halogens is 1. The molecule has 2 aromatic carbocycles. The molecule has 0 radical (unpaired) electrons. The summed E-state index contributed by atoms with van der Waals surface area (Å²) in [5, 5.41) is 2.64. The highest BCUT2D eigenvalue weighted by Crippen LogP contribution is 2.32. The summed E-state index contributed by atoms with van der Waals surface area (Å²) < 4.78 is 1.28. The van der Waals surface area contributed by atoms with Gasteiger partial charge in [0.2, 0.25) is 0 Å². The van der Waals surface area contributed by atoms with Gasteiger partial charge in [-0.05, 0) is 50.6 Å². The van der Waals surface area contributed by atoms with Crippen LogP contribution in [0.4, 0.5) is 0 Å². The average Bonchev–Trinajstić information content (AvgIpc) is 2.43. The monoisotopic (exact) mass is 330 g/mol. The highest BCUT2D eigenvalue weighted by molar-refractivity contribution is 14.1. The summed E-state index contributed by atoms with van der Waals surface area (Å²) in [4.78, 5) is 0. The molecule has 0 amide bonds. The molecule has 0 unspecified atom stereocenters. The van der Waals surface area contributed by atoms with E-state index in [1.165, 1.54) is 25.5 Å². The highest BCUT2D eigenvalue weighted by Gasteiger charge is 2.06. The Balaban J connectivity index is 2.48. The van der Waals surface area contributed by atoms with Crippen LogP contribution in [0.3, 0.4) is 0 Å². The molecule has 0 saturated carbocycles. The maximum atomic E-state index is 2.41. The van der Waals surface area contributed by atoms with Crippen LogP contribution in [-0.4, -0.2) is 0 Å². The van der Waals surface area contributed by atoms with Crippen LogP contribution in [0.25, 0.3) is 20.4 Å². The molecule has 0 saturated heterocycles. The molecule has 0 heterocycles. The van der Waals surface area contributed by atoms with Gasteiger partial charge in [-0.2, -0.15) is 0 Å². The van der Waals surface area contributed by atoms with Crippen LogP contribution in [0.5, 0.6) is 0 Å². The van der Waals surface area contributed by atoms with Gasteiger partial charge in [0.25, 0.3) is 0 Å². The van der Waals surface area contributed by atoms with Crippen molar-refractivity contribution >= 4 is 43.0 Å². The average molecular weight is 330 g/mol. The number of hydrogen-bond acceptors (Lipinski definition) is 0. The fraction of sp³-hybridized carbons (Fsp3) is 0. The lowest BCUT2D eigenvalue weighted by Crippen LogP contribution is -1.84. The van der Waals surface area contributed by atoms with Gasteiger partial charge in [-0.15, -0.1) is 0 Å². The van der Waals surface area contributed by atoms with Crippen molar-refractivity contribution in [2.75, 3.05) is 0 Å². The van der Waals surface area contributed by atoms with Crippen molar-refractivity contribution in [3.63, 3.8) is 0 Å². The molecular formula is C16H11I. The SMILES string of the molecule is I\C1=C/C=C\C=C\c2cccc3cccc1c23. The van der Waals surface area contributed by atoms with Crippen LogP contribution in [0.15, 0.2) is 60.7 Å². The second kappa shape index (κ2) is 4.49. The van der Waals surface area contributed by atoms with Crippen molar-refractivity contribution in [2.45, 2.75) is 0 Å². The lowest BCUT2D eigenvalue weighted by Gasteiger charge is -2.08. The lowest BCUT2D eigenvalue weighted by atomic mass is 9.99. The van der Waals surface area contributed by atoms with E-state index in [1.807, 2.05) is 0 Å². The van der Waals surface area contributed by atoms with Gasteiger partial charge in [0.1, 0.15) is 0 Å². The van der Waals surface area contributed by atoms with Gasteiger partial charge in [0.15, 0.2) is 0 Å². The molecule has 0 N–H and O–H groups in total. The van der Waals surface area contributed by atoms with E-state index in [4.69, 9.17) is 0 Å². The van der Waals surface area contributed by atoms with Gasteiger partial charge in [0, 0.05) is 3.58 Å². The summed E-state index contributed by atoms with van der Waals surface area (Å²) in [6.07, 6.45) is 10.6. The van der Waals surface area contributed by atoms with E-state index in [2.05, 4.69) is 89.4 Å². The van der Waals surface area contributed by atoms with Gasteiger partial charge in [-0.3, -0.25) is 0 Å². The van der Waals surface area contributed by atoms with E-state index in [1.54, 1.807) is 0 Å². The van der Waals surface area contributed by atoms with Gasteiger partial charge in [0.05, 0.1) is 0 Å². The second-order valence-electron chi connectivity index (χ2n) is 4.01. The Bertz CT molecular complexity index is 655. The first-order valence-corrected chi connectivity index (χ1v) is 6.67. The van der Waals surface area contributed by atoms with Crippen molar-refractivity contribution in [2.24, 2.45) is 0 Å². The minimum atomic E-state index is 1.28. The molecule has 1 aliphatic rings. The van der Waals surface area contributed by atoms with E-state index in [0.717, 1.165) is 0 Å². The standard InChI is InChI=1S/C16H11I/c17-15-11-3-1-2-6-12-7-4-8-13-9-5-10-14(15)16(12)13/h1-11H/b3-1-,6-2+,15-11-. The zero-order valence-electron chi connectivity index (χ0n) is 9.23. The maximum Gasteiger partial charge on any atom is 0.0209 e. The molecule has 17 heavy (non-hydrogen) atoms. The Morgan fingerprint density at radius 1 is 0.824 bits per heavy atom. The molecule has 3 rings (SSSR count). The molecule has 0 nitrogen and oxygen atoms in total. The number of benzene rings is 2. The van der Waals surface area contributed by atoms with Gasteiger partial charge >= 0.3 is 0 Å². The van der Waals surface area contributed by atoms with Crippen LogP contribution in [0.2, 0.25) is 0 Å². The summed E-state index contributed by atoms with van der Waals surface area (Å²) in [5.74, 6) is 0. The van der Waals surface area contributed by atoms with Crippen molar-refractivity contribution < 1.29 is 0 Å². The summed E-state index contributed by atoms with van der Waals surface area (Å²) in [6.45, 7) is 0. The van der Waals surface area contributed by atoms with E-state index >= 15 is 0 Å². The first kappa shape index (κ1) is 10.8. The zero-order valence-corrected chi connectivity index (χ0v) is 11.4. The van der Waals surface area contributed by atoms with E-state index in [0.29, 0.717) is 0 Å². The lowest BCUT2D eigenvalue weighted by molar-refractivity contribution is 1.68. The molecular weight excluding hydrogens is 319 g/mol. The van der Waals surface area contributed by atoms with Crippen LogP contribution in [0.1, 0.15) is 11.1 Å². The summed E-state index contributed by atoms with van der Waals surface area (Å²) in [5.41, 5.74) is 2.60. The third-order valence-electron chi connectivity index (χ3n) is 2.93. The summed E-state index contributed by atoms with van der Waals surface area (Å²) in [7, 11) is 0. The molecule has 0 bridgehead atoms. The quantitative estimate of drug-likeness (QED) is 0.583. The summed E-state index contributed by atoms with van der Waals surface area (Å²) >= 11 is 2.41. The molecule has 0 aliphatic heterocycles. The normalized spacial score (nSPS) is 20.9. The number of hydrogen-bond donors (Lipinski definition) is 0. The van der Waals surface area contributed by atoms with Crippen LogP contribution in [0, 0.1) is 0 Å². The molecule has 0 atom stereocenters. The Morgan fingerprint density at radius 3 is 2.53 bits per heavy atom. The fourth-order valence-electron chi connectivity index (χ4n) is 2.16. The highest BCUT2D eigenvalue weighted by atomic mass is 127. The molecule has 1 heteroatoms. The smallest absolute Gasteiger partial charge is 0.0209 e. The maximum absolute atomic E-state index is 2.41.